The number of aliphatic hydroxyl groups is 1. The van der Waals surface area contributed by atoms with E-state index in [2.05, 4.69) is 4.74 Å². The first-order valence-corrected chi connectivity index (χ1v) is 3.63. The lowest BCUT2D eigenvalue weighted by molar-refractivity contribution is -0.138. The highest BCUT2D eigenvalue weighted by atomic mass is 16.5. The quantitative estimate of drug-likeness (QED) is 0.292. The number of nitrogens with one attached hydrogen (secondary N) is 1. The molecule has 0 aromatic carbocycles. The summed E-state index contributed by atoms with van der Waals surface area (Å²) >= 11 is 0. The fraction of sp³-hybridized carbons (Fsp3) is 0.500. The van der Waals surface area contributed by atoms with E-state index in [4.69, 9.17) is 10.5 Å². The van der Waals surface area contributed by atoms with Crippen LogP contribution in [0.2, 0.25) is 0 Å². The third kappa shape index (κ3) is 2.74. The van der Waals surface area contributed by atoms with Gasteiger partial charge in [0.2, 0.25) is 0 Å². The lowest BCUT2D eigenvalue weighted by Gasteiger charge is -2.05. The summed E-state index contributed by atoms with van der Waals surface area (Å²) < 4.78 is 4.63. The van der Waals surface area contributed by atoms with Crippen LogP contribution in [0.25, 0.3) is 0 Å². The van der Waals surface area contributed by atoms with Crippen LogP contribution in [-0.4, -0.2) is 23.4 Å². The summed E-state index contributed by atoms with van der Waals surface area (Å²) in [7, 11) is 0. The Balaban J connectivity index is 4.67. The number of ether oxygens (including phenoxy) is 1. The van der Waals surface area contributed by atoms with Crippen molar-refractivity contribution in [3.63, 3.8) is 0 Å². The van der Waals surface area contributed by atoms with Crippen LogP contribution in [0.15, 0.2) is 11.3 Å². The van der Waals surface area contributed by atoms with Crippen molar-refractivity contribution in [2.24, 2.45) is 0 Å². The zero-order chi connectivity index (χ0) is 9.72. The molecule has 12 heavy (non-hydrogen) atoms. The molecule has 0 aromatic rings. The summed E-state index contributed by atoms with van der Waals surface area (Å²) in [5, 5.41) is 16.2. The molecule has 2 N–H and O–H groups in total. The summed E-state index contributed by atoms with van der Waals surface area (Å²) in [6, 6.07) is 0. The summed E-state index contributed by atoms with van der Waals surface area (Å²) in [6.07, 6.45) is 0. The number of allylic oxidation sites excluding steroid dienone is 1. The average Bonchev–Trinajstić information content (AvgIpc) is 1.85. The van der Waals surface area contributed by atoms with Crippen molar-refractivity contribution in [2.75, 3.05) is 6.61 Å². The molecule has 0 fully saturated rings. The van der Waals surface area contributed by atoms with Crippen LogP contribution >= 0.6 is 0 Å². The molecule has 4 nitrogen and oxygen atoms in total. The van der Waals surface area contributed by atoms with Gasteiger partial charge in [-0.3, -0.25) is 0 Å². The minimum absolute atomic E-state index is 0.00782. The van der Waals surface area contributed by atoms with Gasteiger partial charge in [-0.05, 0) is 20.8 Å². The highest BCUT2D eigenvalue weighted by Gasteiger charge is 2.15. The molecule has 0 aliphatic heterocycles. The molecule has 0 spiro atoms. The van der Waals surface area contributed by atoms with Crippen molar-refractivity contribution >= 4 is 11.7 Å². The van der Waals surface area contributed by atoms with Gasteiger partial charge in [-0.25, -0.2) is 4.79 Å². The van der Waals surface area contributed by atoms with Crippen molar-refractivity contribution in [1.29, 1.82) is 5.41 Å². The van der Waals surface area contributed by atoms with Crippen molar-refractivity contribution in [2.45, 2.75) is 20.8 Å². The number of carbonyl (C=O) groups excluding carboxylic acids is 1. The molecule has 0 radical (unpaired) electrons. The van der Waals surface area contributed by atoms with Gasteiger partial charge in [0.1, 0.15) is 11.3 Å². The van der Waals surface area contributed by atoms with Crippen molar-refractivity contribution in [3.8, 4) is 0 Å². The van der Waals surface area contributed by atoms with Gasteiger partial charge in [-0.2, -0.15) is 0 Å². The summed E-state index contributed by atoms with van der Waals surface area (Å²) in [5.74, 6) is -0.828. The highest BCUT2D eigenvalue weighted by Crippen LogP contribution is 2.05. The number of aliphatic hydroxyl groups excluding tert-OH is 1. The second kappa shape index (κ2) is 4.54. The third-order valence-electron chi connectivity index (χ3n) is 1.22. The molecule has 0 rings (SSSR count). The molecule has 0 bridgehead atoms. The fourth-order valence-electron chi connectivity index (χ4n) is 0.775. The fourth-order valence-corrected chi connectivity index (χ4v) is 0.775. The number of esters is 1. The Morgan fingerprint density at radius 2 is 2.00 bits per heavy atom. The topological polar surface area (TPSA) is 70.4 Å². The van der Waals surface area contributed by atoms with Gasteiger partial charge >= 0.3 is 5.97 Å². The lowest BCUT2D eigenvalue weighted by atomic mass is 10.1. The van der Waals surface area contributed by atoms with Crippen LogP contribution in [0, 0.1) is 5.41 Å². The summed E-state index contributed by atoms with van der Waals surface area (Å²) in [6.45, 7) is 4.68. The molecule has 0 heterocycles. The van der Waals surface area contributed by atoms with Gasteiger partial charge in [0, 0.05) is 5.71 Å². The number of rotatable bonds is 3. The average molecular weight is 171 g/mol. The molecule has 68 valence electrons. The van der Waals surface area contributed by atoms with E-state index < -0.39 is 5.97 Å². The van der Waals surface area contributed by atoms with Gasteiger partial charge in [-0.1, -0.05) is 0 Å². The lowest BCUT2D eigenvalue weighted by Crippen LogP contribution is -2.15. The Kier molecular flexibility index (Phi) is 4.04. The van der Waals surface area contributed by atoms with E-state index in [1.165, 1.54) is 13.8 Å². The number of carbonyl (C=O) groups is 1. The SMILES string of the molecule is CCOC(=O)/C(C(C)=N)=C(\C)O. The standard InChI is InChI=1S/C8H13NO3/c1-4-12-8(11)7(5(2)9)6(3)10/h9-10H,4H2,1-3H3/b7-6+,9-5?. The maximum absolute atomic E-state index is 11.0. The van der Waals surface area contributed by atoms with Crippen molar-refractivity contribution in [3.05, 3.63) is 11.3 Å². The van der Waals surface area contributed by atoms with Crippen LogP contribution < -0.4 is 0 Å². The maximum Gasteiger partial charge on any atom is 0.343 e. The van der Waals surface area contributed by atoms with Crippen LogP contribution in [0.3, 0.4) is 0 Å². The van der Waals surface area contributed by atoms with E-state index in [1.807, 2.05) is 0 Å². The molecule has 4 heteroatoms. The Morgan fingerprint density at radius 3 is 2.25 bits per heavy atom. The molecule has 0 amide bonds. The van der Waals surface area contributed by atoms with Gasteiger partial charge in [0.25, 0.3) is 0 Å². The van der Waals surface area contributed by atoms with E-state index in [-0.39, 0.29) is 23.7 Å². The Hall–Kier alpha value is -1.32. The molecular weight excluding hydrogens is 158 g/mol. The van der Waals surface area contributed by atoms with Crippen LogP contribution in [0.1, 0.15) is 20.8 Å². The molecule has 0 aliphatic carbocycles. The Morgan fingerprint density at radius 1 is 1.50 bits per heavy atom. The highest BCUT2D eigenvalue weighted by molar-refractivity contribution is 6.17. The normalized spacial score (nSPS) is 11.9. The largest absolute Gasteiger partial charge is 0.512 e. The Bertz CT molecular complexity index is 226. The first kappa shape index (κ1) is 10.7. The molecule has 0 saturated carbocycles. The molecule has 0 unspecified atom stereocenters. The van der Waals surface area contributed by atoms with E-state index in [0.29, 0.717) is 0 Å². The van der Waals surface area contributed by atoms with Gasteiger partial charge in [-0.15, -0.1) is 0 Å². The number of hydrogen-bond acceptors (Lipinski definition) is 4. The predicted molar refractivity (Wildman–Crippen MR) is 45.4 cm³/mol. The molecule has 0 aliphatic rings. The second-order valence-electron chi connectivity index (χ2n) is 2.31. The summed E-state index contributed by atoms with van der Waals surface area (Å²) in [4.78, 5) is 11.0. The first-order valence-electron chi connectivity index (χ1n) is 3.63. The second-order valence-corrected chi connectivity index (χ2v) is 2.31. The van der Waals surface area contributed by atoms with Crippen molar-refractivity contribution < 1.29 is 14.6 Å². The monoisotopic (exact) mass is 171 g/mol. The smallest absolute Gasteiger partial charge is 0.343 e. The van der Waals surface area contributed by atoms with Crippen LogP contribution in [0.5, 0.6) is 0 Å². The van der Waals surface area contributed by atoms with E-state index in [1.54, 1.807) is 6.92 Å². The van der Waals surface area contributed by atoms with Crippen LogP contribution in [-0.2, 0) is 9.53 Å². The third-order valence-corrected chi connectivity index (χ3v) is 1.22. The zero-order valence-corrected chi connectivity index (χ0v) is 7.47. The van der Waals surface area contributed by atoms with Gasteiger partial charge < -0.3 is 15.3 Å². The van der Waals surface area contributed by atoms with Gasteiger partial charge in [0.05, 0.1) is 6.61 Å². The predicted octanol–water partition coefficient (Wildman–Crippen LogP) is 1.42. The van der Waals surface area contributed by atoms with E-state index >= 15 is 0 Å². The summed E-state index contributed by atoms with van der Waals surface area (Å²) in [5.41, 5.74) is -0.0506. The number of hydrogen-bond donors (Lipinski definition) is 2. The first-order chi connectivity index (χ1) is 5.50. The van der Waals surface area contributed by atoms with Crippen LogP contribution in [0.4, 0.5) is 0 Å². The van der Waals surface area contributed by atoms with Crippen molar-refractivity contribution in [1.82, 2.24) is 0 Å². The van der Waals surface area contributed by atoms with E-state index in [0.717, 1.165) is 0 Å². The molecular formula is C8H13NO3. The molecule has 0 aromatic heterocycles. The molecule has 0 atom stereocenters. The minimum Gasteiger partial charge on any atom is -0.512 e. The maximum atomic E-state index is 11.0. The Labute approximate surface area is 71.4 Å². The van der Waals surface area contributed by atoms with Gasteiger partial charge in [0.15, 0.2) is 0 Å². The van der Waals surface area contributed by atoms with E-state index in [9.17, 15) is 4.79 Å². The zero-order valence-electron chi connectivity index (χ0n) is 7.47. The molecule has 0 saturated heterocycles. The minimum atomic E-state index is -0.648.